The summed E-state index contributed by atoms with van der Waals surface area (Å²) in [5.41, 5.74) is 0.119. The lowest BCUT2D eigenvalue weighted by Gasteiger charge is -2.29. The Hall–Kier alpha value is -0.610. The molecule has 1 aliphatic rings. The molecular weight excluding hydrogens is 214 g/mol. The van der Waals surface area contributed by atoms with Gasteiger partial charge in [0.2, 0.25) is 5.91 Å². The number of nitrogens with one attached hydrogen (secondary N) is 2. The highest BCUT2D eigenvalue weighted by Crippen LogP contribution is 2.18. The van der Waals surface area contributed by atoms with Gasteiger partial charge in [-0.3, -0.25) is 4.79 Å². The second-order valence-corrected chi connectivity index (χ2v) is 6.36. The molecule has 0 aromatic heterocycles. The van der Waals surface area contributed by atoms with Crippen molar-refractivity contribution in [1.82, 2.24) is 15.5 Å². The minimum atomic E-state index is 0.119. The molecule has 4 heteroatoms. The van der Waals surface area contributed by atoms with Crippen molar-refractivity contribution < 1.29 is 4.79 Å². The van der Waals surface area contributed by atoms with Crippen molar-refractivity contribution in [3.8, 4) is 0 Å². The largest absolute Gasteiger partial charge is 0.355 e. The van der Waals surface area contributed by atoms with Gasteiger partial charge in [-0.05, 0) is 32.0 Å². The maximum absolute atomic E-state index is 12.0. The maximum atomic E-state index is 12.0. The van der Waals surface area contributed by atoms with Crippen LogP contribution in [0.4, 0.5) is 0 Å². The van der Waals surface area contributed by atoms with E-state index < -0.39 is 0 Å². The van der Waals surface area contributed by atoms with Crippen molar-refractivity contribution in [2.24, 2.45) is 17.3 Å². The van der Waals surface area contributed by atoms with E-state index in [1.165, 1.54) is 0 Å². The van der Waals surface area contributed by atoms with Gasteiger partial charge in [-0.2, -0.15) is 0 Å². The monoisotopic (exact) mass is 241 g/mol. The minimum Gasteiger partial charge on any atom is -0.355 e. The van der Waals surface area contributed by atoms with Gasteiger partial charge in [0.25, 0.3) is 0 Å². The molecule has 0 spiro atoms. The van der Waals surface area contributed by atoms with Gasteiger partial charge in [-0.15, -0.1) is 0 Å². The summed E-state index contributed by atoms with van der Waals surface area (Å²) in [4.78, 5) is 14.2. The van der Waals surface area contributed by atoms with E-state index in [-0.39, 0.29) is 17.2 Å². The molecule has 0 radical (unpaired) electrons. The molecule has 0 aromatic carbocycles. The first-order valence-electron chi connectivity index (χ1n) is 6.45. The van der Waals surface area contributed by atoms with Crippen LogP contribution < -0.4 is 10.6 Å². The number of amides is 1. The average Bonchev–Trinajstić information content (AvgIpc) is 2.59. The van der Waals surface area contributed by atoms with E-state index in [1.807, 2.05) is 0 Å². The van der Waals surface area contributed by atoms with Gasteiger partial charge in [-0.1, -0.05) is 20.8 Å². The summed E-state index contributed by atoms with van der Waals surface area (Å²) in [6.07, 6.45) is 0. The number of hydrogen-bond donors (Lipinski definition) is 2. The molecule has 1 heterocycles. The summed E-state index contributed by atoms with van der Waals surface area (Å²) in [5.74, 6) is 0.798. The van der Waals surface area contributed by atoms with Crippen LogP contribution in [-0.4, -0.2) is 51.1 Å². The van der Waals surface area contributed by atoms with Gasteiger partial charge in [0.1, 0.15) is 0 Å². The lowest BCUT2D eigenvalue weighted by molar-refractivity contribution is -0.125. The standard InChI is InChI=1S/C13H27N3O/c1-10-6-14-7-11(10)12(17)15-8-13(2,3)9-16(4)5/h10-11,14H,6-9H2,1-5H3,(H,15,17). The van der Waals surface area contributed by atoms with Gasteiger partial charge in [0.15, 0.2) is 0 Å². The topological polar surface area (TPSA) is 44.4 Å². The van der Waals surface area contributed by atoms with Crippen LogP contribution in [-0.2, 0) is 4.79 Å². The fourth-order valence-electron chi connectivity index (χ4n) is 2.53. The minimum absolute atomic E-state index is 0.119. The summed E-state index contributed by atoms with van der Waals surface area (Å²) < 4.78 is 0. The molecule has 1 amide bonds. The molecule has 0 saturated carbocycles. The van der Waals surface area contributed by atoms with Crippen molar-refractivity contribution >= 4 is 5.91 Å². The molecular formula is C13H27N3O. The molecule has 4 nitrogen and oxygen atoms in total. The van der Waals surface area contributed by atoms with Gasteiger partial charge in [-0.25, -0.2) is 0 Å². The molecule has 1 fully saturated rings. The van der Waals surface area contributed by atoms with Gasteiger partial charge in [0, 0.05) is 19.6 Å². The smallest absolute Gasteiger partial charge is 0.224 e. The summed E-state index contributed by atoms with van der Waals surface area (Å²) in [7, 11) is 4.12. The molecule has 0 aliphatic carbocycles. The van der Waals surface area contributed by atoms with Crippen LogP contribution in [0, 0.1) is 17.3 Å². The van der Waals surface area contributed by atoms with E-state index in [0.717, 1.165) is 26.2 Å². The Kier molecular flexibility index (Phi) is 4.95. The van der Waals surface area contributed by atoms with Crippen LogP contribution in [0.2, 0.25) is 0 Å². The molecule has 0 aromatic rings. The molecule has 0 bridgehead atoms. The van der Waals surface area contributed by atoms with E-state index in [9.17, 15) is 4.79 Å². The Morgan fingerprint density at radius 2 is 2.06 bits per heavy atom. The SMILES string of the molecule is CC1CNCC1C(=O)NCC(C)(C)CN(C)C. The molecule has 100 valence electrons. The zero-order valence-electron chi connectivity index (χ0n) is 11.8. The molecule has 2 N–H and O–H groups in total. The highest BCUT2D eigenvalue weighted by molar-refractivity contribution is 5.79. The molecule has 1 aliphatic heterocycles. The first kappa shape index (κ1) is 14.5. The predicted octanol–water partition coefficient (Wildman–Crippen LogP) is 0.546. The van der Waals surface area contributed by atoms with Crippen LogP contribution in [0.5, 0.6) is 0 Å². The fraction of sp³-hybridized carbons (Fsp3) is 0.923. The summed E-state index contributed by atoms with van der Waals surface area (Å²) in [6.45, 7) is 10.0. The highest BCUT2D eigenvalue weighted by atomic mass is 16.1. The molecule has 2 atom stereocenters. The summed E-state index contributed by atoms with van der Waals surface area (Å²) in [5, 5.41) is 6.36. The van der Waals surface area contributed by atoms with E-state index in [2.05, 4.69) is 50.4 Å². The number of carbonyl (C=O) groups is 1. The first-order chi connectivity index (χ1) is 7.82. The van der Waals surface area contributed by atoms with Crippen LogP contribution in [0.15, 0.2) is 0 Å². The van der Waals surface area contributed by atoms with Gasteiger partial charge < -0.3 is 15.5 Å². The molecule has 1 saturated heterocycles. The third-order valence-electron chi connectivity index (χ3n) is 3.34. The van der Waals surface area contributed by atoms with Crippen molar-refractivity contribution in [3.05, 3.63) is 0 Å². The van der Waals surface area contributed by atoms with Crippen LogP contribution >= 0.6 is 0 Å². The molecule has 1 rings (SSSR count). The van der Waals surface area contributed by atoms with E-state index >= 15 is 0 Å². The van der Waals surface area contributed by atoms with Crippen LogP contribution in [0.25, 0.3) is 0 Å². The zero-order valence-corrected chi connectivity index (χ0v) is 11.8. The van der Waals surface area contributed by atoms with Crippen molar-refractivity contribution in [2.75, 3.05) is 40.3 Å². The van der Waals surface area contributed by atoms with E-state index in [1.54, 1.807) is 0 Å². The lowest BCUT2D eigenvalue weighted by atomic mass is 9.91. The van der Waals surface area contributed by atoms with Crippen LogP contribution in [0.3, 0.4) is 0 Å². The van der Waals surface area contributed by atoms with Crippen LogP contribution in [0.1, 0.15) is 20.8 Å². The average molecular weight is 241 g/mol. The van der Waals surface area contributed by atoms with Crippen molar-refractivity contribution in [1.29, 1.82) is 0 Å². The second-order valence-electron chi connectivity index (χ2n) is 6.36. The number of rotatable bonds is 5. The summed E-state index contributed by atoms with van der Waals surface area (Å²) in [6, 6.07) is 0. The Morgan fingerprint density at radius 1 is 1.41 bits per heavy atom. The first-order valence-corrected chi connectivity index (χ1v) is 6.45. The normalized spacial score (nSPS) is 25.3. The third kappa shape index (κ3) is 4.64. The highest BCUT2D eigenvalue weighted by Gasteiger charge is 2.30. The zero-order chi connectivity index (χ0) is 13.1. The quantitative estimate of drug-likeness (QED) is 0.739. The predicted molar refractivity (Wildman–Crippen MR) is 70.9 cm³/mol. The number of hydrogen-bond acceptors (Lipinski definition) is 3. The van der Waals surface area contributed by atoms with Crippen molar-refractivity contribution in [2.45, 2.75) is 20.8 Å². The Morgan fingerprint density at radius 3 is 2.53 bits per heavy atom. The lowest BCUT2D eigenvalue weighted by Crippen LogP contribution is -2.43. The number of nitrogens with zero attached hydrogens (tertiary/aromatic N) is 1. The number of carbonyl (C=O) groups excluding carboxylic acids is 1. The fourth-order valence-corrected chi connectivity index (χ4v) is 2.53. The van der Waals surface area contributed by atoms with E-state index in [0.29, 0.717) is 5.92 Å². The van der Waals surface area contributed by atoms with Gasteiger partial charge >= 0.3 is 0 Å². The Labute approximate surface area is 105 Å². The Balaban J connectivity index is 2.37. The summed E-state index contributed by atoms with van der Waals surface area (Å²) >= 11 is 0. The van der Waals surface area contributed by atoms with Crippen molar-refractivity contribution in [3.63, 3.8) is 0 Å². The molecule has 17 heavy (non-hydrogen) atoms. The maximum Gasteiger partial charge on any atom is 0.224 e. The van der Waals surface area contributed by atoms with E-state index in [4.69, 9.17) is 0 Å². The Bertz CT molecular complexity index is 263. The second kappa shape index (κ2) is 5.83. The third-order valence-corrected chi connectivity index (χ3v) is 3.34. The van der Waals surface area contributed by atoms with Gasteiger partial charge in [0.05, 0.1) is 5.92 Å². The molecule has 2 unspecified atom stereocenters.